The second kappa shape index (κ2) is 5.67. The van der Waals surface area contributed by atoms with Crippen molar-refractivity contribution in [2.45, 2.75) is 13.1 Å². The quantitative estimate of drug-likeness (QED) is 0.901. The Morgan fingerprint density at radius 3 is 2.74 bits per heavy atom. The zero-order chi connectivity index (χ0) is 13.8. The van der Waals surface area contributed by atoms with E-state index in [-0.39, 0.29) is 5.56 Å². The summed E-state index contributed by atoms with van der Waals surface area (Å²) in [5.74, 6) is -0.842. The number of carboxylic acids is 1. The second-order valence-electron chi connectivity index (χ2n) is 4.36. The molecule has 1 heterocycles. The van der Waals surface area contributed by atoms with Crippen molar-refractivity contribution in [2.24, 2.45) is 0 Å². The van der Waals surface area contributed by atoms with Gasteiger partial charge in [0.2, 0.25) is 0 Å². The van der Waals surface area contributed by atoms with Crippen LogP contribution in [0.4, 0.5) is 4.39 Å². The summed E-state index contributed by atoms with van der Waals surface area (Å²) in [4.78, 5) is 12.6. The predicted octanol–water partition coefficient (Wildman–Crippen LogP) is 2.75. The smallest absolute Gasteiger partial charge is 0.335 e. The van der Waals surface area contributed by atoms with Crippen molar-refractivity contribution in [3.05, 3.63) is 59.3 Å². The first kappa shape index (κ1) is 13.3. The van der Waals surface area contributed by atoms with Crippen LogP contribution in [0.3, 0.4) is 0 Å². The molecule has 2 aromatic rings. The van der Waals surface area contributed by atoms with Crippen LogP contribution in [0.2, 0.25) is 0 Å². The first-order valence-electron chi connectivity index (χ1n) is 5.79. The number of halogens is 1. The average molecular weight is 263 g/mol. The van der Waals surface area contributed by atoms with E-state index >= 15 is 0 Å². The summed E-state index contributed by atoms with van der Waals surface area (Å²) in [6.07, 6.45) is 1.59. The van der Waals surface area contributed by atoms with Gasteiger partial charge in [0.25, 0.3) is 0 Å². The van der Waals surface area contributed by atoms with Gasteiger partial charge in [0.15, 0.2) is 0 Å². The summed E-state index contributed by atoms with van der Waals surface area (Å²) in [5.41, 5.74) is 0.411. The number of rotatable bonds is 5. The summed E-state index contributed by atoms with van der Waals surface area (Å²) in [5, 5.41) is 8.76. The molecule has 4 nitrogen and oxygen atoms in total. The fourth-order valence-corrected chi connectivity index (χ4v) is 1.82. The van der Waals surface area contributed by atoms with Crippen molar-refractivity contribution in [2.75, 3.05) is 7.05 Å². The summed E-state index contributed by atoms with van der Waals surface area (Å²) < 4.78 is 18.9. The average Bonchev–Trinajstić information content (AvgIpc) is 2.84. The third-order valence-corrected chi connectivity index (χ3v) is 2.75. The molecule has 1 N–H and O–H groups in total. The van der Waals surface area contributed by atoms with Crippen LogP contribution in [0, 0.1) is 5.82 Å². The summed E-state index contributed by atoms with van der Waals surface area (Å²) in [7, 11) is 1.84. The number of carbonyl (C=O) groups is 1. The molecule has 0 radical (unpaired) electrons. The number of furan rings is 1. The van der Waals surface area contributed by atoms with E-state index in [9.17, 15) is 9.18 Å². The van der Waals surface area contributed by atoms with Gasteiger partial charge in [-0.05, 0) is 31.3 Å². The topological polar surface area (TPSA) is 53.7 Å². The monoisotopic (exact) mass is 263 g/mol. The fraction of sp³-hybridized carbons (Fsp3) is 0.214. The van der Waals surface area contributed by atoms with Crippen LogP contribution in [-0.4, -0.2) is 23.0 Å². The molecule has 0 bridgehead atoms. The lowest BCUT2D eigenvalue weighted by atomic mass is 10.1. The fourth-order valence-electron chi connectivity index (χ4n) is 1.82. The molecule has 0 unspecified atom stereocenters. The van der Waals surface area contributed by atoms with Gasteiger partial charge in [-0.15, -0.1) is 0 Å². The zero-order valence-corrected chi connectivity index (χ0v) is 10.5. The highest BCUT2D eigenvalue weighted by Crippen LogP contribution is 2.14. The molecule has 0 aliphatic carbocycles. The van der Waals surface area contributed by atoms with Gasteiger partial charge in [-0.3, -0.25) is 4.90 Å². The molecular formula is C14H14FNO3. The maximum absolute atomic E-state index is 13.7. The van der Waals surface area contributed by atoms with E-state index < -0.39 is 11.8 Å². The predicted molar refractivity (Wildman–Crippen MR) is 67.2 cm³/mol. The van der Waals surface area contributed by atoms with E-state index in [0.29, 0.717) is 18.7 Å². The molecule has 19 heavy (non-hydrogen) atoms. The summed E-state index contributed by atoms with van der Waals surface area (Å²) in [6, 6.07) is 7.59. The molecule has 1 aromatic heterocycles. The van der Waals surface area contributed by atoms with Crippen LogP contribution in [0.1, 0.15) is 21.7 Å². The maximum atomic E-state index is 13.7. The molecule has 5 heteroatoms. The Hall–Kier alpha value is -2.14. The van der Waals surface area contributed by atoms with Crippen molar-refractivity contribution in [3.63, 3.8) is 0 Å². The normalized spacial score (nSPS) is 10.9. The van der Waals surface area contributed by atoms with Crippen molar-refractivity contribution in [3.8, 4) is 0 Å². The Morgan fingerprint density at radius 1 is 1.37 bits per heavy atom. The summed E-state index contributed by atoms with van der Waals surface area (Å²) >= 11 is 0. The van der Waals surface area contributed by atoms with Crippen LogP contribution in [0.25, 0.3) is 0 Å². The van der Waals surface area contributed by atoms with Gasteiger partial charge >= 0.3 is 5.97 Å². The van der Waals surface area contributed by atoms with Gasteiger partial charge in [0.1, 0.15) is 11.6 Å². The number of nitrogens with zero attached hydrogens (tertiary/aromatic N) is 1. The first-order chi connectivity index (χ1) is 9.06. The number of hydrogen-bond acceptors (Lipinski definition) is 3. The van der Waals surface area contributed by atoms with E-state index in [4.69, 9.17) is 9.52 Å². The van der Waals surface area contributed by atoms with Gasteiger partial charge in [-0.1, -0.05) is 6.07 Å². The molecule has 2 rings (SSSR count). The summed E-state index contributed by atoms with van der Waals surface area (Å²) in [6.45, 7) is 0.944. The van der Waals surface area contributed by atoms with Gasteiger partial charge in [-0.25, -0.2) is 9.18 Å². The highest BCUT2D eigenvalue weighted by atomic mass is 19.1. The van der Waals surface area contributed by atoms with E-state index in [1.165, 1.54) is 12.1 Å². The molecule has 0 aliphatic rings. The van der Waals surface area contributed by atoms with Gasteiger partial charge in [-0.2, -0.15) is 0 Å². The Labute approximate surface area is 110 Å². The Bertz CT molecular complexity index is 566. The number of benzene rings is 1. The number of hydrogen-bond donors (Lipinski definition) is 1. The van der Waals surface area contributed by atoms with Crippen molar-refractivity contribution in [1.29, 1.82) is 0 Å². The lowest BCUT2D eigenvalue weighted by Crippen LogP contribution is -2.17. The molecule has 0 fully saturated rings. The van der Waals surface area contributed by atoms with Crippen molar-refractivity contribution >= 4 is 5.97 Å². The highest BCUT2D eigenvalue weighted by Gasteiger charge is 2.10. The Balaban J connectivity index is 2.04. The van der Waals surface area contributed by atoms with Gasteiger partial charge < -0.3 is 9.52 Å². The minimum Gasteiger partial charge on any atom is -0.478 e. The van der Waals surface area contributed by atoms with Crippen LogP contribution >= 0.6 is 0 Å². The molecule has 1 aromatic carbocycles. The lowest BCUT2D eigenvalue weighted by molar-refractivity contribution is 0.0696. The number of carboxylic acid groups (broad SMARTS) is 1. The SMILES string of the molecule is CN(Cc1ccco1)Cc1ccc(C(=O)O)cc1F. The molecule has 0 amide bonds. The van der Waals surface area contributed by atoms with Gasteiger partial charge in [0.05, 0.1) is 18.4 Å². The molecule has 100 valence electrons. The molecular weight excluding hydrogens is 249 g/mol. The minimum absolute atomic E-state index is 0.0464. The van der Waals surface area contributed by atoms with E-state index in [1.807, 2.05) is 18.0 Å². The molecule has 0 aliphatic heterocycles. The van der Waals surface area contributed by atoms with Crippen molar-refractivity contribution < 1.29 is 18.7 Å². The van der Waals surface area contributed by atoms with Crippen molar-refractivity contribution in [1.82, 2.24) is 4.90 Å². The van der Waals surface area contributed by atoms with Crippen LogP contribution in [-0.2, 0) is 13.1 Å². The van der Waals surface area contributed by atoms with Crippen LogP contribution in [0.15, 0.2) is 41.0 Å². The lowest BCUT2D eigenvalue weighted by Gasteiger charge is -2.15. The first-order valence-corrected chi connectivity index (χ1v) is 5.79. The van der Waals surface area contributed by atoms with E-state index in [1.54, 1.807) is 12.3 Å². The van der Waals surface area contributed by atoms with E-state index in [0.717, 1.165) is 11.8 Å². The third kappa shape index (κ3) is 3.42. The van der Waals surface area contributed by atoms with Crippen LogP contribution in [0.5, 0.6) is 0 Å². The standard InChI is InChI=1S/C14H14FNO3/c1-16(9-12-3-2-6-19-12)8-11-5-4-10(14(17)18)7-13(11)15/h2-7H,8-9H2,1H3,(H,17,18). The maximum Gasteiger partial charge on any atom is 0.335 e. The third-order valence-electron chi connectivity index (χ3n) is 2.75. The molecule has 0 atom stereocenters. The molecule has 0 saturated heterocycles. The zero-order valence-electron chi connectivity index (χ0n) is 10.5. The largest absolute Gasteiger partial charge is 0.478 e. The van der Waals surface area contributed by atoms with Crippen LogP contribution < -0.4 is 0 Å². The number of aromatic carboxylic acids is 1. The minimum atomic E-state index is -1.13. The highest BCUT2D eigenvalue weighted by molar-refractivity contribution is 5.87. The molecule has 0 spiro atoms. The Morgan fingerprint density at radius 2 is 2.16 bits per heavy atom. The van der Waals surface area contributed by atoms with E-state index in [2.05, 4.69) is 0 Å². The Kier molecular flexibility index (Phi) is 3.97. The van der Waals surface area contributed by atoms with Gasteiger partial charge in [0, 0.05) is 12.1 Å². The second-order valence-corrected chi connectivity index (χ2v) is 4.36. The molecule has 0 saturated carbocycles.